The van der Waals surface area contributed by atoms with Crippen LogP contribution < -0.4 is 21.2 Å². The Kier molecular flexibility index (Phi) is 10.7. The molecule has 0 radical (unpaired) electrons. The fourth-order valence-corrected chi connectivity index (χ4v) is 21.2. The Bertz CT molecular complexity index is 1330. The Labute approximate surface area is 256 Å². The second-order valence-corrected chi connectivity index (χ2v) is 26.9. The van der Waals surface area contributed by atoms with Gasteiger partial charge in [-0.15, -0.1) is 7.05 Å². The summed E-state index contributed by atoms with van der Waals surface area (Å²) < 4.78 is 11.7. The van der Waals surface area contributed by atoms with Crippen molar-refractivity contribution in [2.75, 3.05) is 0 Å². The molecule has 0 atom stereocenters. The molecule has 0 fully saturated rings. The standard InChI is InChI=1S/C31H38N2P2Si2.U/c1-36(2,3)32-34(28-19-11-7-12-20-28,29-21-13-8-14-22-29)27-35(33-37(4,5)6,30-23-15-9-16-24-30)31-25-17-10-18-26-31;/h7-26H,1-6H3;/q-2;+2. The third-order valence-corrected chi connectivity index (χ3v) is 19.4. The molecule has 194 valence electrons. The van der Waals surface area contributed by atoms with Crippen molar-refractivity contribution < 1.29 is 31.1 Å². The number of rotatable bonds is 8. The molecule has 0 aliphatic heterocycles. The van der Waals surface area contributed by atoms with Gasteiger partial charge < -0.3 is 21.7 Å². The average Bonchev–Trinajstić information content (AvgIpc) is 2.88. The van der Waals surface area contributed by atoms with Gasteiger partial charge in [-0.25, -0.2) is 0 Å². The Morgan fingerprint density at radius 2 is 0.842 bits per heavy atom. The zero-order valence-corrected chi connectivity index (χ0v) is 31.3. The third kappa shape index (κ3) is 7.53. The minimum absolute atomic E-state index is 0. The first-order chi connectivity index (χ1) is 17.5. The molecule has 4 aromatic carbocycles. The summed E-state index contributed by atoms with van der Waals surface area (Å²) in [4.78, 5) is 0. The van der Waals surface area contributed by atoms with Gasteiger partial charge in [-0.3, -0.25) is 0 Å². The summed E-state index contributed by atoms with van der Waals surface area (Å²) in [5, 5.41) is 5.02. The molecule has 4 rings (SSSR count). The van der Waals surface area contributed by atoms with Crippen LogP contribution in [0.4, 0.5) is 0 Å². The summed E-state index contributed by atoms with van der Waals surface area (Å²) in [5.74, 6) is 0. The van der Waals surface area contributed by atoms with Crippen molar-refractivity contribution in [2.45, 2.75) is 39.3 Å². The summed E-state index contributed by atoms with van der Waals surface area (Å²) in [7, 11) is -8.73. The first-order valence-electron chi connectivity index (χ1n) is 12.8. The van der Waals surface area contributed by atoms with E-state index in [0.29, 0.717) is 0 Å². The predicted octanol–water partition coefficient (Wildman–Crippen LogP) is 8.10. The first kappa shape index (κ1) is 31.4. The van der Waals surface area contributed by atoms with Crippen LogP contribution in [0, 0.1) is 31.1 Å². The van der Waals surface area contributed by atoms with Crippen molar-refractivity contribution in [3.8, 4) is 0 Å². The van der Waals surface area contributed by atoms with E-state index in [4.69, 9.17) is 9.16 Å². The van der Waals surface area contributed by atoms with Gasteiger partial charge in [0.2, 0.25) is 0 Å². The molecule has 0 aromatic heterocycles. The average molecular weight is 795 g/mol. The van der Waals surface area contributed by atoms with Gasteiger partial charge in [0.25, 0.3) is 0 Å². The minimum atomic E-state index is -2.45. The van der Waals surface area contributed by atoms with Crippen LogP contribution in [0.15, 0.2) is 126 Å². The Balaban J connectivity index is 0.00000400. The number of benzene rings is 4. The summed E-state index contributed by atoms with van der Waals surface area (Å²) >= 11 is 0. The van der Waals surface area contributed by atoms with Gasteiger partial charge in [0.05, 0.1) is 0 Å². The van der Waals surface area contributed by atoms with Gasteiger partial charge in [0, 0.05) is 0 Å². The largest absolute Gasteiger partial charge is 2.00 e. The molecule has 4 aromatic rings. The van der Waals surface area contributed by atoms with E-state index >= 15 is 0 Å². The van der Waals surface area contributed by atoms with E-state index in [2.05, 4.69) is 166 Å². The molecule has 0 spiro atoms. The van der Waals surface area contributed by atoms with Crippen molar-refractivity contribution in [1.29, 1.82) is 0 Å². The van der Waals surface area contributed by atoms with Crippen LogP contribution in [-0.2, 0) is 0 Å². The van der Waals surface area contributed by atoms with E-state index in [1.54, 1.807) is 0 Å². The fraction of sp³-hybridized carbons (Fsp3) is 0.194. The van der Waals surface area contributed by atoms with Crippen LogP contribution in [0.5, 0.6) is 0 Å². The second-order valence-electron chi connectivity index (χ2n) is 11.3. The molecule has 38 heavy (non-hydrogen) atoms. The Morgan fingerprint density at radius 3 is 1.13 bits per heavy atom. The van der Waals surface area contributed by atoms with E-state index in [-0.39, 0.29) is 31.1 Å². The van der Waals surface area contributed by atoms with Gasteiger partial charge in [0.1, 0.15) is 0 Å². The van der Waals surface area contributed by atoms with Crippen molar-refractivity contribution in [2.24, 2.45) is 4.41 Å². The van der Waals surface area contributed by atoms with E-state index in [1.165, 1.54) is 21.2 Å². The third-order valence-electron chi connectivity index (χ3n) is 5.71. The summed E-state index contributed by atoms with van der Waals surface area (Å²) in [6, 6.07) is 43.7. The predicted molar refractivity (Wildman–Crippen MR) is 176 cm³/mol. The van der Waals surface area contributed by atoms with E-state index in [0.717, 1.165) is 0 Å². The maximum absolute atomic E-state index is 5.87. The molecule has 0 aliphatic rings. The van der Waals surface area contributed by atoms with Gasteiger partial charge in [0.15, 0.2) is 8.24 Å². The topological polar surface area (TPSA) is 26.5 Å². The van der Waals surface area contributed by atoms with Crippen LogP contribution in [0.3, 0.4) is 0 Å². The van der Waals surface area contributed by atoms with Crippen LogP contribution in [0.2, 0.25) is 39.3 Å². The zero-order chi connectivity index (χ0) is 26.6. The van der Waals surface area contributed by atoms with Gasteiger partial charge in [-0.05, 0) is 10.6 Å². The van der Waals surface area contributed by atoms with Crippen molar-refractivity contribution in [3.05, 3.63) is 126 Å². The molecular weight excluding hydrogens is 757 g/mol. The quantitative estimate of drug-likeness (QED) is 0.0981. The molecule has 0 unspecified atom stereocenters. The number of nitrogens with zero attached hydrogens (tertiary/aromatic N) is 2. The smallest absolute Gasteiger partial charge is 0.658 e. The molecule has 0 amide bonds. The van der Waals surface area contributed by atoms with Crippen LogP contribution >= 0.6 is 14.1 Å². The SMILES string of the molecule is C[Si](C)(C)N=P([C-]=P([N-][Si](C)(C)C)(c1ccccc1)c1ccccc1)(c1ccccc1)c1ccccc1.[U+2]. The summed E-state index contributed by atoms with van der Waals surface area (Å²) in [5.41, 5.74) is 4.42. The Hall–Kier alpha value is -1.14. The van der Waals surface area contributed by atoms with Crippen LogP contribution in [0.1, 0.15) is 0 Å². The van der Waals surface area contributed by atoms with Crippen molar-refractivity contribution in [3.63, 3.8) is 0 Å². The maximum atomic E-state index is 5.87. The van der Waals surface area contributed by atoms with Crippen molar-refractivity contribution >= 4 is 57.3 Å². The van der Waals surface area contributed by atoms with Gasteiger partial charge in [-0.2, -0.15) is 0 Å². The van der Waals surface area contributed by atoms with Gasteiger partial charge in [-0.1, -0.05) is 179 Å². The normalized spacial score (nSPS) is 12.4. The van der Waals surface area contributed by atoms with Crippen molar-refractivity contribution in [1.82, 2.24) is 0 Å². The van der Waals surface area contributed by atoms with Gasteiger partial charge >= 0.3 is 31.1 Å². The summed E-state index contributed by atoms with van der Waals surface area (Å²) in [6.07, 6.45) is 0. The van der Waals surface area contributed by atoms with E-state index < -0.39 is 30.6 Å². The van der Waals surface area contributed by atoms with E-state index in [1.807, 2.05) is 0 Å². The maximum Gasteiger partial charge on any atom is 2.00 e. The molecule has 7 heteroatoms. The monoisotopic (exact) mass is 794 g/mol. The second kappa shape index (κ2) is 13.0. The first-order valence-corrected chi connectivity index (χ1v) is 23.2. The Morgan fingerprint density at radius 1 is 0.526 bits per heavy atom. The molecule has 0 heterocycles. The molecule has 0 aliphatic carbocycles. The number of hydrogen-bond donors (Lipinski definition) is 0. The van der Waals surface area contributed by atoms with Crippen LogP contribution in [0.25, 0.3) is 4.75 Å². The molecule has 0 N–H and O–H groups in total. The van der Waals surface area contributed by atoms with E-state index in [9.17, 15) is 0 Å². The number of hydrogen-bond acceptors (Lipinski definition) is 1. The molecule has 2 nitrogen and oxygen atoms in total. The molecule has 0 bridgehead atoms. The molecular formula is C31H38N2P2Si2U. The fourth-order valence-electron chi connectivity index (χ4n) is 4.49. The molecule has 0 saturated heterocycles. The minimum Gasteiger partial charge on any atom is -0.658 e. The summed E-state index contributed by atoms with van der Waals surface area (Å²) in [6.45, 7) is 14.1. The zero-order valence-electron chi connectivity index (χ0n) is 23.3. The van der Waals surface area contributed by atoms with Crippen LogP contribution in [-0.4, -0.2) is 22.0 Å². The molecule has 0 saturated carbocycles.